The van der Waals surface area contributed by atoms with Crippen LogP contribution in [0, 0.1) is 0 Å². The Bertz CT molecular complexity index is 425. The Kier molecular flexibility index (Phi) is 4.27. The van der Waals surface area contributed by atoms with Crippen LogP contribution in [0.15, 0.2) is 41.1 Å². The summed E-state index contributed by atoms with van der Waals surface area (Å²) in [5, 5.41) is 7.40. The summed E-state index contributed by atoms with van der Waals surface area (Å²) in [6, 6.07) is 9.65. The van der Waals surface area contributed by atoms with Crippen molar-refractivity contribution >= 4 is 17.0 Å². The van der Waals surface area contributed by atoms with Crippen molar-refractivity contribution in [3.63, 3.8) is 0 Å². The molecule has 4 heteroatoms. The third-order valence-corrected chi connectivity index (χ3v) is 2.96. The predicted octanol–water partition coefficient (Wildman–Crippen LogP) is 3.25. The number of methoxy groups -OCH3 is 1. The molecule has 2 rings (SSSR count). The van der Waals surface area contributed by atoms with Crippen LogP contribution in [0.5, 0.6) is 11.5 Å². The number of thiophene rings is 1. The fraction of sp³-hybridized carbons (Fsp3) is 0.231. The zero-order valence-corrected chi connectivity index (χ0v) is 10.5. The van der Waals surface area contributed by atoms with Gasteiger partial charge < -0.3 is 14.8 Å². The number of nitrogens with one attached hydrogen (secondary N) is 1. The van der Waals surface area contributed by atoms with Gasteiger partial charge in [-0.2, -0.15) is 11.3 Å². The lowest BCUT2D eigenvalue weighted by Gasteiger charge is -2.07. The number of hydrogen-bond acceptors (Lipinski definition) is 4. The minimum absolute atomic E-state index is 0.641. The Morgan fingerprint density at radius 3 is 2.53 bits per heavy atom. The van der Waals surface area contributed by atoms with Gasteiger partial charge >= 0.3 is 0 Å². The standard InChI is InChI=1S/C13H15NO2S/c1-15-12-2-4-13(5-3-12)16-8-7-14-11-6-9-17-10-11/h2-6,9-10,14H,7-8H2,1H3. The summed E-state index contributed by atoms with van der Waals surface area (Å²) in [6.07, 6.45) is 0. The molecule has 0 aliphatic carbocycles. The minimum Gasteiger partial charge on any atom is -0.497 e. The molecular formula is C13H15NO2S. The molecule has 3 nitrogen and oxygen atoms in total. The van der Waals surface area contributed by atoms with E-state index in [1.54, 1.807) is 18.4 Å². The maximum absolute atomic E-state index is 5.59. The molecule has 0 unspecified atom stereocenters. The number of benzene rings is 1. The van der Waals surface area contributed by atoms with Gasteiger partial charge in [-0.15, -0.1) is 0 Å². The molecule has 1 N–H and O–H groups in total. The molecule has 0 radical (unpaired) electrons. The average Bonchev–Trinajstić information content (AvgIpc) is 2.88. The van der Waals surface area contributed by atoms with Gasteiger partial charge in [0.1, 0.15) is 18.1 Å². The van der Waals surface area contributed by atoms with Crippen molar-refractivity contribution in [1.29, 1.82) is 0 Å². The fourth-order valence-electron chi connectivity index (χ4n) is 1.40. The van der Waals surface area contributed by atoms with E-state index in [-0.39, 0.29) is 0 Å². The van der Waals surface area contributed by atoms with Crippen LogP contribution in [0.25, 0.3) is 0 Å². The molecular weight excluding hydrogens is 234 g/mol. The van der Waals surface area contributed by atoms with E-state index in [4.69, 9.17) is 9.47 Å². The minimum atomic E-state index is 0.641. The lowest BCUT2D eigenvalue weighted by atomic mass is 10.3. The van der Waals surface area contributed by atoms with Gasteiger partial charge in [0, 0.05) is 17.6 Å². The van der Waals surface area contributed by atoms with Gasteiger partial charge in [0.25, 0.3) is 0 Å². The largest absolute Gasteiger partial charge is 0.497 e. The highest BCUT2D eigenvalue weighted by Crippen LogP contribution is 2.17. The maximum Gasteiger partial charge on any atom is 0.119 e. The second-order valence-electron chi connectivity index (χ2n) is 3.46. The van der Waals surface area contributed by atoms with Gasteiger partial charge in [-0.3, -0.25) is 0 Å². The van der Waals surface area contributed by atoms with E-state index in [1.165, 1.54) is 0 Å². The summed E-state index contributed by atoms with van der Waals surface area (Å²) < 4.78 is 10.7. The van der Waals surface area contributed by atoms with Gasteiger partial charge in [-0.1, -0.05) is 0 Å². The second kappa shape index (κ2) is 6.15. The molecule has 17 heavy (non-hydrogen) atoms. The van der Waals surface area contributed by atoms with Crippen molar-refractivity contribution < 1.29 is 9.47 Å². The molecule has 0 atom stereocenters. The smallest absolute Gasteiger partial charge is 0.119 e. The molecule has 0 bridgehead atoms. The van der Waals surface area contributed by atoms with E-state index in [2.05, 4.69) is 16.8 Å². The lowest BCUT2D eigenvalue weighted by Crippen LogP contribution is -2.10. The Balaban J connectivity index is 1.70. The van der Waals surface area contributed by atoms with Crippen LogP contribution in [-0.4, -0.2) is 20.3 Å². The first kappa shape index (κ1) is 11.8. The summed E-state index contributed by atoms with van der Waals surface area (Å²) >= 11 is 1.68. The quantitative estimate of drug-likeness (QED) is 0.797. The average molecular weight is 249 g/mol. The highest BCUT2D eigenvalue weighted by molar-refractivity contribution is 7.08. The first-order valence-corrected chi connectivity index (χ1v) is 6.35. The lowest BCUT2D eigenvalue weighted by molar-refractivity contribution is 0.332. The fourth-order valence-corrected chi connectivity index (χ4v) is 2.01. The van der Waals surface area contributed by atoms with Crippen molar-refractivity contribution in [1.82, 2.24) is 0 Å². The highest BCUT2D eigenvalue weighted by Gasteiger charge is 1.95. The van der Waals surface area contributed by atoms with Crippen LogP contribution in [0.2, 0.25) is 0 Å². The monoisotopic (exact) mass is 249 g/mol. The first-order chi connectivity index (χ1) is 8.38. The van der Waals surface area contributed by atoms with Crippen molar-refractivity contribution in [2.45, 2.75) is 0 Å². The number of anilines is 1. The van der Waals surface area contributed by atoms with Gasteiger partial charge in [-0.25, -0.2) is 0 Å². The van der Waals surface area contributed by atoms with E-state index < -0.39 is 0 Å². The Morgan fingerprint density at radius 1 is 1.12 bits per heavy atom. The van der Waals surface area contributed by atoms with Crippen molar-refractivity contribution in [2.75, 3.05) is 25.6 Å². The SMILES string of the molecule is COc1ccc(OCCNc2ccsc2)cc1. The van der Waals surface area contributed by atoms with Crippen LogP contribution in [0.4, 0.5) is 5.69 Å². The van der Waals surface area contributed by atoms with Crippen molar-refractivity contribution in [3.8, 4) is 11.5 Å². The van der Waals surface area contributed by atoms with E-state index in [1.807, 2.05) is 29.6 Å². The molecule has 1 aromatic heterocycles. The normalized spacial score (nSPS) is 9.94. The highest BCUT2D eigenvalue weighted by atomic mass is 32.1. The molecule has 0 aliphatic heterocycles. The summed E-state index contributed by atoms with van der Waals surface area (Å²) in [6.45, 7) is 1.44. The van der Waals surface area contributed by atoms with Crippen LogP contribution in [0.3, 0.4) is 0 Å². The van der Waals surface area contributed by atoms with Gasteiger partial charge in [0.15, 0.2) is 0 Å². The third kappa shape index (κ3) is 3.67. The van der Waals surface area contributed by atoms with E-state index in [0.29, 0.717) is 6.61 Å². The van der Waals surface area contributed by atoms with Crippen molar-refractivity contribution in [3.05, 3.63) is 41.1 Å². The van der Waals surface area contributed by atoms with E-state index >= 15 is 0 Å². The molecule has 0 amide bonds. The molecule has 0 fully saturated rings. The van der Waals surface area contributed by atoms with Crippen molar-refractivity contribution in [2.24, 2.45) is 0 Å². The zero-order valence-electron chi connectivity index (χ0n) is 9.68. The van der Waals surface area contributed by atoms with Crippen LogP contribution >= 0.6 is 11.3 Å². The molecule has 2 aromatic rings. The van der Waals surface area contributed by atoms with Crippen LogP contribution < -0.4 is 14.8 Å². The van der Waals surface area contributed by atoms with Gasteiger partial charge in [0.2, 0.25) is 0 Å². The molecule has 1 aromatic carbocycles. The topological polar surface area (TPSA) is 30.5 Å². The molecule has 0 spiro atoms. The van der Waals surface area contributed by atoms with Gasteiger partial charge in [0.05, 0.1) is 7.11 Å². The summed E-state index contributed by atoms with van der Waals surface area (Å²) in [4.78, 5) is 0. The van der Waals surface area contributed by atoms with E-state index in [0.717, 1.165) is 23.7 Å². The Hall–Kier alpha value is -1.68. The molecule has 1 heterocycles. The predicted molar refractivity (Wildman–Crippen MR) is 71.3 cm³/mol. The first-order valence-electron chi connectivity index (χ1n) is 5.41. The summed E-state index contributed by atoms with van der Waals surface area (Å²) in [7, 11) is 1.65. The Morgan fingerprint density at radius 2 is 1.88 bits per heavy atom. The van der Waals surface area contributed by atoms with Crippen LogP contribution in [0.1, 0.15) is 0 Å². The maximum atomic E-state index is 5.59. The number of ether oxygens (including phenoxy) is 2. The number of hydrogen-bond donors (Lipinski definition) is 1. The van der Waals surface area contributed by atoms with Crippen LogP contribution in [-0.2, 0) is 0 Å². The van der Waals surface area contributed by atoms with E-state index in [9.17, 15) is 0 Å². The zero-order chi connectivity index (χ0) is 11.9. The third-order valence-electron chi connectivity index (χ3n) is 2.28. The molecule has 0 saturated heterocycles. The molecule has 0 aliphatic rings. The van der Waals surface area contributed by atoms with Gasteiger partial charge in [-0.05, 0) is 35.7 Å². The summed E-state index contributed by atoms with van der Waals surface area (Å²) in [5.41, 5.74) is 1.15. The molecule has 90 valence electrons. The molecule has 0 saturated carbocycles. The Labute approximate surface area is 105 Å². The number of rotatable bonds is 6. The summed E-state index contributed by atoms with van der Waals surface area (Å²) in [5.74, 6) is 1.70. The second-order valence-corrected chi connectivity index (χ2v) is 4.24.